The summed E-state index contributed by atoms with van der Waals surface area (Å²) in [7, 11) is 2.01. The van der Waals surface area contributed by atoms with Gasteiger partial charge in [-0.15, -0.1) is 0 Å². The average molecular weight is 346 g/mol. The van der Waals surface area contributed by atoms with E-state index in [1.54, 1.807) is 0 Å². The van der Waals surface area contributed by atoms with E-state index in [9.17, 15) is 22.8 Å². The standard InChI is InChI=1S/C17H21F3O4/c1-4-5-6-7-11-8-9-12(13(10-11)17(18,19)20)14(15(21)23-2)16(22)24-3/h8-10,14H,4-7H2,1-3H3. The van der Waals surface area contributed by atoms with Crippen LogP contribution in [-0.2, 0) is 31.7 Å². The summed E-state index contributed by atoms with van der Waals surface area (Å²) in [6.45, 7) is 2.00. The van der Waals surface area contributed by atoms with Gasteiger partial charge in [0.25, 0.3) is 0 Å². The minimum absolute atomic E-state index is 0.458. The Morgan fingerprint density at radius 3 is 2.12 bits per heavy atom. The Bertz CT molecular complexity index is 566. The van der Waals surface area contributed by atoms with E-state index in [4.69, 9.17) is 0 Å². The Labute approximate surface area is 138 Å². The summed E-state index contributed by atoms with van der Waals surface area (Å²) in [5, 5.41) is 0. The first-order chi connectivity index (χ1) is 11.3. The minimum atomic E-state index is -4.70. The fraction of sp³-hybridized carbons (Fsp3) is 0.529. The number of alkyl halides is 3. The molecule has 0 aliphatic rings. The van der Waals surface area contributed by atoms with Crippen molar-refractivity contribution in [3.05, 3.63) is 34.9 Å². The molecule has 24 heavy (non-hydrogen) atoms. The van der Waals surface area contributed by atoms with Crippen LogP contribution < -0.4 is 0 Å². The molecule has 0 fully saturated rings. The van der Waals surface area contributed by atoms with Crippen LogP contribution in [0.4, 0.5) is 13.2 Å². The van der Waals surface area contributed by atoms with Crippen LogP contribution in [0.2, 0.25) is 0 Å². The molecular formula is C17H21F3O4. The van der Waals surface area contributed by atoms with E-state index in [-0.39, 0.29) is 0 Å². The SMILES string of the molecule is CCCCCc1ccc(C(C(=O)OC)C(=O)OC)c(C(F)(F)F)c1. The van der Waals surface area contributed by atoms with E-state index in [0.29, 0.717) is 12.0 Å². The van der Waals surface area contributed by atoms with Crippen molar-refractivity contribution >= 4 is 11.9 Å². The number of hydrogen-bond donors (Lipinski definition) is 0. The summed E-state index contributed by atoms with van der Waals surface area (Å²) in [5.41, 5.74) is -0.967. The lowest BCUT2D eigenvalue weighted by molar-refractivity contribution is -0.155. The number of carbonyl (C=O) groups excluding carboxylic acids is 2. The summed E-state index contributed by atoms with van der Waals surface area (Å²) in [5.74, 6) is -3.95. The molecule has 134 valence electrons. The first-order valence-corrected chi connectivity index (χ1v) is 7.61. The number of carbonyl (C=O) groups is 2. The van der Waals surface area contributed by atoms with Gasteiger partial charge in [-0.2, -0.15) is 13.2 Å². The highest BCUT2D eigenvalue weighted by Gasteiger charge is 2.40. The summed E-state index contributed by atoms with van der Waals surface area (Å²) in [4.78, 5) is 23.6. The Hall–Kier alpha value is -2.05. The highest BCUT2D eigenvalue weighted by atomic mass is 19.4. The van der Waals surface area contributed by atoms with Crippen LogP contribution in [0.15, 0.2) is 18.2 Å². The normalized spacial score (nSPS) is 11.5. The number of halogens is 3. The van der Waals surface area contributed by atoms with Gasteiger partial charge in [-0.05, 0) is 30.0 Å². The maximum absolute atomic E-state index is 13.4. The zero-order chi connectivity index (χ0) is 18.3. The van der Waals surface area contributed by atoms with Crippen LogP contribution in [-0.4, -0.2) is 26.2 Å². The molecule has 0 unspecified atom stereocenters. The molecule has 0 radical (unpaired) electrons. The largest absolute Gasteiger partial charge is 0.468 e. The molecule has 4 nitrogen and oxygen atoms in total. The van der Waals surface area contributed by atoms with Crippen molar-refractivity contribution in [2.45, 2.75) is 44.7 Å². The summed E-state index contributed by atoms with van der Waals surface area (Å²) >= 11 is 0. The fourth-order valence-electron chi connectivity index (χ4n) is 2.42. The van der Waals surface area contributed by atoms with Crippen LogP contribution in [0.25, 0.3) is 0 Å². The van der Waals surface area contributed by atoms with Crippen molar-refractivity contribution < 1.29 is 32.2 Å². The molecule has 0 N–H and O–H groups in total. The summed E-state index contributed by atoms with van der Waals surface area (Å²) in [6.07, 6.45) is -1.56. The van der Waals surface area contributed by atoms with Crippen LogP contribution in [0.5, 0.6) is 0 Å². The molecule has 1 aromatic carbocycles. The first kappa shape index (κ1) is 20.0. The number of hydrogen-bond acceptors (Lipinski definition) is 4. The molecule has 0 spiro atoms. The molecular weight excluding hydrogens is 325 g/mol. The molecule has 0 amide bonds. The lowest BCUT2D eigenvalue weighted by atomic mass is 9.91. The van der Waals surface area contributed by atoms with Crippen LogP contribution in [0.1, 0.15) is 48.8 Å². The number of aryl methyl sites for hydroxylation is 1. The predicted octanol–water partition coefficient (Wildman–Crippen LogP) is 3.87. The van der Waals surface area contributed by atoms with Gasteiger partial charge in [-0.3, -0.25) is 9.59 Å². The Morgan fingerprint density at radius 1 is 1.08 bits per heavy atom. The van der Waals surface area contributed by atoms with Crippen LogP contribution >= 0.6 is 0 Å². The van der Waals surface area contributed by atoms with Crippen LogP contribution in [0.3, 0.4) is 0 Å². The fourth-order valence-corrected chi connectivity index (χ4v) is 2.42. The van der Waals surface area contributed by atoms with Gasteiger partial charge >= 0.3 is 18.1 Å². The molecule has 0 heterocycles. The highest BCUT2D eigenvalue weighted by Crippen LogP contribution is 2.37. The van der Waals surface area contributed by atoms with Crippen molar-refractivity contribution in [1.29, 1.82) is 0 Å². The van der Waals surface area contributed by atoms with Crippen molar-refractivity contribution in [2.24, 2.45) is 0 Å². The van der Waals surface area contributed by atoms with E-state index in [2.05, 4.69) is 9.47 Å². The third kappa shape index (κ3) is 4.97. The average Bonchev–Trinajstić information content (AvgIpc) is 2.54. The van der Waals surface area contributed by atoms with E-state index in [1.165, 1.54) is 6.07 Å². The molecule has 0 atom stereocenters. The molecule has 0 saturated heterocycles. The first-order valence-electron chi connectivity index (χ1n) is 7.61. The van der Waals surface area contributed by atoms with Gasteiger partial charge in [0, 0.05) is 0 Å². The monoisotopic (exact) mass is 346 g/mol. The number of rotatable bonds is 7. The van der Waals surface area contributed by atoms with E-state index < -0.39 is 35.2 Å². The van der Waals surface area contributed by atoms with Crippen LogP contribution in [0, 0.1) is 0 Å². The van der Waals surface area contributed by atoms with E-state index >= 15 is 0 Å². The van der Waals surface area contributed by atoms with Gasteiger partial charge in [0.05, 0.1) is 19.8 Å². The predicted molar refractivity (Wildman–Crippen MR) is 81.4 cm³/mol. The third-order valence-electron chi connectivity index (χ3n) is 3.68. The zero-order valence-electron chi connectivity index (χ0n) is 13.9. The second-order valence-electron chi connectivity index (χ2n) is 5.36. The van der Waals surface area contributed by atoms with Crippen molar-refractivity contribution in [1.82, 2.24) is 0 Å². The van der Waals surface area contributed by atoms with Gasteiger partial charge in [-0.1, -0.05) is 31.9 Å². The molecule has 1 rings (SSSR count). The van der Waals surface area contributed by atoms with Crippen molar-refractivity contribution in [3.8, 4) is 0 Å². The van der Waals surface area contributed by atoms with Gasteiger partial charge in [0.1, 0.15) is 0 Å². The van der Waals surface area contributed by atoms with Gasteiger partial charge < -0.3 is 9.47 Å². The number of unbranched alkanes of at least 4 members (excludes halogenated alkanes) is 2. The maximum Gasteiger partial charge on any atom is 0.416 e. The van der Waals surface area contributed by atoms with E-state index in [0.717, 1.165) is 45.6 Å². The molecule has 0 aliphatic carbocycles. The molecule has 0 aliphatic heterocycles. The molecule has 0 aromatic heterocycles. The smallest absolute Gasteiger partial charge is 0.416 e. The lowest BCUT2D eigenvalue weighted by Gasteiger charge is -2.19. The number of ether oxygens (including phenoxy) is 2. The zero-order valence-corrected chi connectivity index (χ0v) is 13.9. The summed E-state index contributed by atoms with van der Waals surface area (Å²) < 4.78 is 49.1. The summed E-state index contributed by atoms with van der Waals surface area (Å²) in [6, 6.07) is 3.64. The Morgan fingerprint density at radius 2 is 1.67 bits per heavy atom. The molecule has 0 bridgehead atoms. The Kier molecular flexibility index (Phi) is 7.25. The quantitative estimate of drug-likeness (QED) is 0.427. The topological polar surface area (TPSA) is 52.6 Å². The highest BCUT2D eigenvalue weighted by molar-refractivity contribution is 6.01. The molecule has 1 aromatic rings. The third-order valence-corrected chi connectivity index (χ3v) is 3.68. The van der Waals surface area contributed by atoms with Gasteiger partial charge in [-0.25, -0.2) is 0 Å². The van der Waals surface area contributed by atoms with Crippen molar-refractivity contribution in [3.63, 3.8) is 0 Å². The maximum atomic E-state index is 13.4. The second-order valence-corrected chi connectivity index (χ2v) is 5.36. The lowest BCUT2D eigenvalue weighted by Crippen LogP contribution is -2.27. The van der Waals surface area contributed by atoms with Gasteiger partial charge in [0.15, 0.2) is 5.92 Å². The number of methoxy groups -OCH3 is 2. The Balaban J connectivity index is 3.34. The van der Waals surface area contributed by atoms with Gasteiger partial charge in [0.2, 0.25) is 0 Å². The second kappa shape index (κ2) is 8.70. The van der Waals surface area contributed by atoms with E-state index in [1.807, 2.05) is 6.92 Å². The number of esters is 2. The minimum Gasteiger partial charge on any atom is -0.468 e. The molecule has 7 heteroatoms. The number of benzene rings is 1. The van der Waals surface area contributed by atoms with Crippen molar-refractivity contribution in [2.75, 3.05) is 14.2 Å². The molecule has 0 saturated carbocycles.